The number of methoxy groups -OCH3 is 2. The van der Waals surface area contributed by atoms with E-state index in [1.165, 1.54) is 46.3 Å². The number of nitrogens with one attached hydrogen (secondary N) is 2. The third kappa shape index (κ3) is 6.37. The minimum Gasteiger partial charge on any atom is -0.496 e. The maximum absolute atomic E-state index is 11.8. The van der Waals surface area contributed by atoms with Crippen molar-refractivity contribution in [3.8, 4) is 5.75 Å². The SMILES string of the molecule is CN=C(NCc1ccc(OC)c(C(=O)OC)c1)NC1CCCCC1.I. The number of hydrogen-bond donors (Lipinski definition) is 2. The van der Waals surface area contributed by atoms with Gasteiger partial charge < -0.3 is 20.1 Å². The van der Waals surface area contributed by atoms with E-state index in [9.17, 15) is 4.79 Å². The molecule has 0 spiro atoms. The van der Waals surface area contributed by atoms with Gasteiger partial charge in [-0.05, 0) is 30.5 Å². The van der Waals surface area contributed by atoms with Crippen LogP contribution in [0.5, 0.6) is 5.75 Å². The van der Waals surface area contributed by atoms with E-state index in [2.05, 4.69) is 15.6 Å². The molecule has 2 rings (SSSR count). The van der Waals surface area contributed by atoms with Gasteiger partial charge in [0.2, 0.25) is 0 Å². The summed E-state index contributed by atoms with van der Waals surface area (Å²) in [7, 11) is 4.67. The second-order valence-corrected chi connectivity index (χ2v) is 5.93. The molecular formula is C18H28IN3O3. The third-order valence-electron chi connectivity index (χ3n) is 4.30. The zero-order valence-electron chi connectivity index (χ0n) is 15.1. The highest BCUT2D eigenvalue weighted by atomic mass is 127. The maximum atomic E-state index is 11.8. The number of nitrogens with zero attached hydrogens (tertiary/aromatic N) is 1. The van der Waals surface area contributed by atoms with Crippen molar-refractivity contribution in [2.45, 2.75) is 44.7 Å². The number of carbonyl (C=O) groups is 1. The van der Waals surface area contributed by atoms with Crippen LogP contribution < -0.4 is 15.4 Å². The summed E-state index contributed by atoms with van der Waals surface area (Å²) in [6.07, 6.45) is 6.25. The lowest BCUT2D eigenvalue weighted by atomic mass is 9.96. The summed E-state index contributed by atoms with van der Waals surface area (Å²) in [4.78, 5) is 16.1. The predicted octanol–water partition coefficient (Wildman–Crippen LogP) is 3.10. The van der Waals surface area contributed by atoms with Crippen molar-refractivity contribution in [3.05, 3.63) is 29.3 Å². The Kier molecular flexibility index (Phi) is 9.62. The molecule has 1 saturated carbocycles. The van der Waals surface area contributed by atoms with E-state index in [-0.39, 0.29) is 24.0 Å². The summed E-state index contributed by atoms with van der Waals surface area (Å²) < 4.78 is 10.0. The molecule has 0 aromatic heterocycles. The molecule has 25 heavy (non-hydrogen) atoms. The quantitative estimate of drug-likeness (QED) is 0.305. The van der Waals surface area contributed by atoms with Crippen LogP contribution in [0.2, 0.25) is 0 Å². The molecule has 0 aliphatic heterocycles. The molecule has 1 aromatic carbocycles. The number of benzene rings is 1. The molecule has 0 saturated heterocycles. The molecule has 6 nitrogen and oxygen atoms in total. The highest BCUT2D eigenvalue weighted by molar-refractivity contribution is 14.0. The zero-order valence-corrected chi connectivity index (χ0v) is 17.5. The van der Waals surface area contributed by atoms with E-state index in [1.54, 1.807) is 19.2 Å². The van der Waals surface area contributed by atoms with Gasteiger partial charge in [0, 0.05) is 19.6 Å². The molecule has 140 valence electrons. The van der Waals surface area contributed by atoms with Crippen molar-refractivity contribution >= 4 is 35.9 Å². The van der Waals surface area contributed by atoms with Crippen LogP contribution in [0, 0.1) is 0 Å². The smallest absolute Gasteiger partial charge is 0.341 e. The summed E-state index contributed by atoms with van der Waals surface area (Å²) in [6.45, 7) is 0.570. The van der Waals surface area contributed by atoms with Gasteiger partial charge in [-0.2, -0.15) is 0 Å². The number of aliphatic imine (C=N–C) groups is 1. The molecule has 1 fully saturated rings. The Morgan fingerprint density at radius 3 is 2.56 bits per heavy atom. The molecule has 0 radical (unpaired) electrons. The van der Waals surface area contributed by atoms with Crippen molar-refractivity contribution in [2.75, 3.05) is 21.3 Å². The van der Waals surface area contributed by atoms with E-state index >= 15 is 0 Å². The number of carbonyl (C=O) groups excluding carboxylic acids is 1. The molecule has 0 atom stereocenters. The number of halogens is 1. The fraction of sp³-hybridized carbons (Fsp3) is 0.556. The van der Waals surface area contributed by atoms with E-state index in [0.717, 1.165) is 11.5 Å². The molecule has 2 N–H and O–H groups in total. The molecule has 7 heteroatoms. The van der Waals surface area contributed by atoms with Crippen molar-refractivity contribution < 1.29 is 14.3 Å². The van der Waals surface area contributed by atoms with E-state index < -0.39 is 5.97 Å². The van der Waals surface area contributed by atoms with Crippen LogP contribution in [0.3, 0.4) is 0 Å². The topological polar surface area (TPSA) is 72.0 Å². The normalized spacial score (nSPS) is 15.1. The second-order valence-electron chi connectivity index (χ2n) is 5.93. The largest absolute Gasteiger partial charge is 0.496 e. The highest BCUT2D eigenvalue weighted by Crippen LogP contribution is 2.21. The lowest BCUT2D eigenvalue weighted by Crippen LogP contribution is -2.43. The summed E-state index contributed by atoms with van der Waals surface area (Å²) in [5.74, 6) is 0.895. The molecule has 0 amide bonds. The van der Waals surface area contributed by atoms with Gasteiger partial charge in [-0.3, -0.25) is 4.99 Å². The van der Waals surface area contributed by atoms with Crippen molar-refractivity contribution in [2.24, 2.45) is 4.99 Å². The molecule has 1 aromatic rings. The number of guanidine groups is 1. The first kappa shape index (κ1) is 21.5. The lowest BCUT2D eigenvalue weighted by molar-refractivity contribution is 0.0597. The Morgan fingerprint density at radius 2 is 1.96 bits per heavy atom. The number of hydrogen-bond acceptors (Lipinski definition) is 4. The van der Waals surface area contributed by atoms with Crippen LogP contribution >= 0.6 is 24.0 Å². The van der Waals surface area contributed by atoms with Gasteiger partial charge in [-0.15, -0.1) is 24.0 Å². The van der Waals surface area contributed by atoms with Crippen molar-refractivity contribution in [3.63, 3.8) is 0 Å². The van der Waals surface area contributed by atoms with Crippen LogP contribution in [0.4, 0.5) is 0 Å². The molecule has 0 unspecified atom stereocenters. The predicted molar refractivity (Wildman–Crippen MR) is 110 cm³/mol. The molecule has 0 bridgehead atoms. The Morgan fingerprint density at radius 1 is 1.24 bits per heavy atom. The fourth-order valence-corrected chi connectivity index (χ4v) is 2.96. The van der Waals surface area contributed by atoms with Crippen LogP contribution in [-0.4, -0.2) is 39.2 Å². The Balaban J connectivity index is 0.00000312. The first-order valence-electron chi connectivity index (χ1n) is 8.40. The minimum atomic E-state index is -0.404. The average Bonchev–Trinajstić information content (AvgIpc) is 2.65. The van der Waals surface area contributed by atoms with Crippen molar-refractivity contribution in [1.82, 2.24) is 10.6 Å². The van der Waals surface area contributed by atoms with E-state index in [0.29, 0.717) is 23.9 Å². The summed E-state index contributed by atoms with van der Waals surface area (Å²) in [5.41, 5.74) is 1.39. The second kappa shape index (κ2) is 11.2. The minimum absolute atomic E-state index is 0. The first-order chi connectivity index (χ1) is 11.7. The summed E-state index contributed by atoms with van der Waals surface area (Å²) >= 11 is 0. The molecule has 1 aliphatic carbocycles. The van der Waals surface area contributed by atoms with E-state index in [4.69, 9.17) is 9.47 Å². The van der Waals surface area contributed by atoms with Gasteiger partial charge in [0.25, 0.3) is 0 Å². The van der Waals surface area contributed by atoms with Crippen LogP contribution in [-0.2, 0) is 11.3 Å². The first-order valence-corrected chi connectivity index (χ1v) is 8.40. The van der Waals surface area contributed by atoms with E-state index in [1.807, 2.05) is 6.07 Å². The Hall–Kier alpha value is -1.51. The maximum Gasteiger partial charge on any atom is 0.341 e. The van der Waals surface area contributed by atoms with Gasteiger partial charge in [-0.25, -0.2) is 4.79 Å². The highest BCUT2D eigenvalue weighted by Gasteiger charge is 2.15. The van der Waals surface area contributed by atoms with Crippen LogP contribution in [0.1, 0.15) is 48.0 Å². The average molecular weight is 461 g/mol. The summed E-state index contributed by atoms with van der Waals surface area (Å²) in [5, 5.41) is 6.77. The monoisotopic (exact) mass is 461 g/mol. The van der Waals surface area contributed by atoms with Crippen LogP contribution in [0.15, 0.2) is 23.2 Å². The summed E-state index contributed by atoms with van der Waals surface area (Å²) in [6, 6.07) is 5.98. The van der Waals surface area contributed by atoms with Gasteiger partial charge in [-0.1, -0.05) is 25.3 Å². The number of ether oxygens (including phenoxy) is 2. The van der Waals surface area contributed by atoms with Gasteiger partial charge >= 0.3 is 5.97 Å². The molecule has 1 aliphatic rings. The Labute approximate surface area is 166 Å². The van der Waals surface area contributed by atoms with Gasteiger partial charge in [0.05, 0.1) is 14.2 Å². The molecule has 0 heterocycles. The Bertz CT molecular complexity index is 587. The fourth-order valence-electron chi connectivity index (χ4n) is 2.96. The van der Waals surface area contributed by atoms with Gasteiger partial charge in [0.15, 0.2) is 5.96 Å². The standard InChI is InChI=1S/C18H27N3O3.HI/c1-19-18(21-14-7-5-4-6-8-14)20-12-13-9-10-16(23-2)15(11-13)17(22)24-3;/h9-11,14H,4-8,12H2,1-3H3,(H2,19,20,21);1H. The number of rotatable bonds is 5. The molecular weight excluding hydrogens is 433 g/mol. The third-order valence-corrected chi connectivity index (χ3v) is 4.30. The zero-order chi connectivity index (χ0) is 17.4. The van der Waals surface area contributed by atoms with Crippen LogP contribution in [0.25, 0.3) is 0 Å². The van der Waals surface area contributed by atoms with Gasteiger partial charge in [0.1, 0.15) is 11.3 Å². The van der Waals surface area contributed by atoms with Crippen molar-refractivity contribution in [1.29, 1.82) is 0 Å². The lowest BCUT2D eigenvalue weighted by Gasteiger charge is -2.25. The number of esters is 1.